The highest BCUT2D eigenvalue weighted by Crippen LogP contribution is 2.28. The van der Waals surface area contributed by atoms with Crippen LogP contribution in [0.25, 0.3) is 0 Å². The third-order valence-corrected chi connectivity index (χ3v) is 4.72. The third kappa shape index (κ3) is 4.85. The van der Waals surface area contributed by atoms with Crippen molar-refractivity contribution in [3.8, 4) is 5.75 Å². The van der Waals surface area contributed by atoms with Crippen molar-refractivity contribution in [1.29, 1.82) is 0 Å². The zero-order valence-electron chi connectivity index (χ0n) is 14.8. The van der Waals surface area contributed by atoms with Gasteiger partial charge in [0.1, 0.15) is 11.4 Å². The number of hydrogen-bond acceptors (Lipinski definition) is 5. The Labute approximate surface area is 158 Å². The molecular formula is C19H23ClN4O2. The summed E-state index contributed by atoms with van der Waals surface area (Å²) in [5.41, 5.74) is 0.792. The molecule has 138 valence electrons. The van der Waals surface area contributed by atoms with E-state index < -0.39 is 0 Å². The maximum atomic E-state index is 12.6. The van der Waals surface area contributed by atoms with Crippen molar-refractivity contribution in [3.63, 3.8) is 0 Å². The van der Waals surface area contributed by atoms with Crippen molar-refractivity contribution in [2.45, 2.75) is 44.6 Å². The van der Waals surface area contributed by atoms with Crippen molar-refractivity contribution >= 4 is 29.1 Å². The summed E-state index contributed by atoms with van der Waals surface area (Å²) < 4.78 is 5.25. The molecule has 3 rings (SSSR count). The van der Waals surface area contributed by atoms with Gasteiger partial charge in [0, 0.05) is 17.3 Å². The van der Waals surface area contributed by atoms with Gasteiger partial charge >= 0.3 is 0 Å². The largest absolute Gasteiger partial charge is 0.495 e. The fraction of sp³-hybridized carbons (Fsp3) is 0.421. The van der Waals surface area contributed by atoms with Gasteiger partial charge < -0.3 is 15.4 Å². The second-order valence-corrected chi connectivity index (χ2v) is 6.83. The van der Waals surface area contributed by atoms with Gasteiger partial charge in [-0.2, -0.15) is 0 Å². The summed E-state index contributed by atoms with van der Waals surface area (Å²) in [6.07, 6.45) is 8.81. The topological polar surface area (TPSA) is 76.1 Å². The number of carbonyl (C=O) groups excluding carboxylic acids is 1. The van der Waals surface area contributed by atoms with E-state index in [1.54, 1.807) is 37.6 Å². The first-order valence-electron chi connectivity index (χ1n) is 8.90. The molecule has 0 spiro atoms. The lowest BCUT2D eigenvalue weighted by Gasteiger charge is -2.16. The van der Waals surface area contributed by atoms with Crippen LogP contribution in [0.4, 0.5) is 11.6 Å². The van der Waals surface area contributed by atoms with E-state index in [-0.39, 0.29) is 11.6 Å². The molecule has 1 aliphatic carbocycles. The second kappa shape index (κ2) is 8.85. The first-order valence-corrected chi connectivity index (χ1v) is 9.28. The molecule has 1 aromatic carbocycles. The second-order valence-electron chi connectivity index (χ2n) is 6.40. The van der Waals surface area contributed by atoms with Gasteiger partial charge in [-0.25, -0.2) is 9.97 Å². The number of aromatic nitrogens is 2. The maximum Gasteiger partial charge on any atom is 0.274 e. The van der Waals surface area contributed by atoms with Crippen LogP contribution in [0.1, 0.15) is 49.0 Å². The van der Waals surface area contributed by atoms with Crippen LogP contribution in [-0.4, -0.2) is 29.0 Å². The zero-order valence-corrected chi connectivity index (χ0v) is 15.6. The molecule has 0 aliphatic heterocycles. The summed E-state index contributed by atoms with van der Waals surface area (Å²) in [7, 11) is 1.54. The lowest BCUT2D eigenvalue weighted by Crippen LogP contribution is -2.21. The van der Waals surface area contributed by atoms with E-state index in [0.717, 1.165) is 12.8 Å². The zero-order chi connectivity index (χ0) is 18.4. The Morgan fingerprint density at radius 3 is 2.69 bits per heavy atom. The Kier molecular flexibility index (Phi) is 6.28. The number of rotatable bonds is 5. The fourth-order valence-electron chi connectivity index (χ4n) is 3.13. The first-order chi connectivity index (χ1) is 12.7. The van der Waals surface area contributed by atoms with Crippen molar-refractivity contribution < 1.29 is 9.53 Å². The van der Waals surface area contributed by atoms with Crippen LogP contribution >= 0.6 is 11.6 Å². The van der Waals surface area contributed by atoms with Gasteiger partial charge in [-0.3, -0.25) is 4.79 Å². The van der Waals surface area contributed by atoms with Crippen LogP contribution in [0.15, 0.2) is 30.5 Å². The quantitative estimate of drug-likeness (QED) is 0.752. The van der Waals surface area contributed by atoms with Crippen LogP contribution in [0.3, 0.4) is 0 Å². The number of ether oxygens (including phenoxy) is 1. The predicted octanol–water partition coefficient (Wildman–Crippen LogP) is 4.53. The molecule has 0 radical (unpaired) electrons. The number of amides is 1. The Morgan fingerprint density at radius 2 is 1.96 bits per heavy atom. The third-order valence-electron chi connectivity index (χ3n) is 4.49. The lowest BCUT2D eigenvalue weighted by atomic mass is 10.1. The van der Waals surface area contributed by atoms with Crippen molar-refractivity contribution in [2.24, 2.45) is 0 Å². The van der Waals surface area contributed by atoms with Gasteiger partial charge in [0.05, 0.1) is 12.8 Å². The summed E-state index contributed by atoms with van der Waals surface area (Å²) in [6.45, 7) is 0. The molecule has 1 aromatic heterocycles. The van der Waals surface area contributed by atoms with Gasteiger partial charge in [-0.1, -0.05) is 37.3 Å². The molecule has 1 saturated carbocycles. The van der Waals surface area contributed by atoms with E-state index in [1.807, 2.05) is 0 Å². The molecule has 1 heterocycles. The van der Waals surface area contributed by atoms with Crippen LogP contribution in [0.5, 0.6) is 5.75 Å². The minimum absolute atomic E-state index is 0.290. The minimum Gasteiger partial charge on any atom is -0.495 e. The fourth-order valence-corrected chi connectivity index (χ4v) is 3.30. The molecule has 6 nitrogen and oxygen atoms in total. The van der Waals surface area contributed by atoms with Gasteiger partial charge in [-0.15, -0.1) is 0 Å². The van der Waals surface area contributed by atoms with E-state index in [2.05, 4.69) is 20.6 Å². The monoisotopic (exact) mass is 374 g/mol. The van der Waals surface area contributed by atoms with Crippen LogP contribution in [0, 0.1) is 0 Å². The highest BCUT2D eigenvalue weighted by Gasteiger charge is 2.16. The molecule has 7 heteroatoms. The Morgan fingerprint density at radius 1 is 1.19 bits per heavy atom. The number of hydrogen-bond donors (Lipinski definition) is 2. The van der Waals surface area contributed by atoms with E-state index in [4.69, 9.17) is 16.3 Å². The molecule has 2 aromatic rings. The Bertz CT molecular complexity index is 761. The number of benzene rings is 1. The number of nitrogens with one attached hydrogen (secondary N) is 2. The van der Waals surface area contributed by atoms with Crippen molar-refractivity contribution in [1.82, 2.24) is 9.97 Å². The molecule has 1 amide bonds. The minimum atomic E-state index is -0.336. The Hall–Kier alpha value is -2.34. The molecule has 0 unspecified atom stereocenters. The Balaban J connectivity index is 1.71. The number of carbonyl (C=O) groups is 1. The van der Waals surface area contributed by atoms with E-state index in [9.17, 15) is 4.79 Å². The highest BCUT2D eigenvalue weighted by atomic mass is 35.5. The molecule has 0 saturated heterocycles. The number of methoxy groups -OCH3 is 1. The summed E-state index contributed by atoms with van der Waals surface area (Å²) in [4.78, 5) is 21.2. The molecule has 0 bridgehead atoms. The average molecular weight is 375 g/mol. The van der Waals surface area contributed by atoms with Crippen molar-refractivity contribution in [2.75, 3.05) is 17.7 Å². The smallest absolute Gasteiger partial charge is 0.274 e. The van der Waals surface area contributed by atoms with Crippen LogP contribution < -0.4 is 15.4 Å². The number of anilines is 2. The molecular weight excluding hydrogens is 352 g/mol. The predicted molar refractivity (Wildman–Crippen MR) is 103 cm³/mol. The lowest BCUT2D eigenvalue weighted by molar-refractivity contribution is 0.102. The van der Waals surface area contributed by atoms with Gasteiger partial charge in [0.15, 0.2) is 0 Å². The highest BCUT2D eigenvalue weighted by molar-refractivity contribution is 6.31. The molecule has 26 heavy (non-hydrogen) atoms. The summed E-state index contributed by atoms with van der Waals surface area (Å²) in [5, 5.41) is 6.67. The normalized spacial score (nSPS) is 15.2. The first kappa shape index (κ1) is 18.5. The summed E-state index contributed by atoms with van der Waals surface area (Å²) in [6, 6.07) is 7.00. The van der Waals surface area contributed by atoms with Gasteiger partial charge in [0.2, 0.25) is 5.95 Å². The number of halogens is 1. The molecule has 0 atom stereocenters. The van der Waals surface area contributed by atoms with E-state index in [0.29, 0.717) is 28.4 Å². The molecule has 2 N–H and O–H groups in total. The van der Waals surface area contributed by atoms with Gasteiger partial charge in [0.25, 0.3) is 5.91 Å². The molecule has 1 aliphatic rings. The average Bonchev–Trinajstić information content (AvgIpc) is 2.91. The molecule has 1 fully saturated rings. The maximum absolute atomic E-state index is 12.6. The van der Waals surface area contributed by atoms with Crippen molar-refractivity contribution in [3.05, 3.63) is 41.2 Å². The van der Waals surface area contributed by atoms with Crippen LogP contribution in [0.2, 0.25) is 5.02 Å². The van der Waals surface area contributed by atoms with Gasteiger partial charge in [-0.05, 0) is 37.1 Å². The standard InChI is InChI=1S/C19H23ClN4O2/c1-26-17-9-8-13(20)12-16(17)23-18(25)15-10-11-21-19(24-15)22-14-6-4-2-3-5-7-14/h8-12,14H,2-7H2,1H3,(H,23,25)(H,21,22,24). The summed E-state index contributed by atoms with van der Waals surface area (Å²) >= 11 is 6.01. The van der Waals surface area contributed by atoms with Crippen LogP contribution in [-0.2, 0) is 0 Å². The number of nitrogens with zero attached hydrogens (tertiary/aromatic N) is 2. The van der Waals surface area contributed by atoms with E-state index >= 15 is 0 Å². The van der Waals surface area contributed by atoms with E-state index in [1.165, 1.54) is 25.7 Å². The summed E-state index contributed by atoms with van der Waals surface area (Å²) in [5.74, 6) is 0.688. The SMILES string of the molecule is COc1ccc(Cl)cc1NC(=O)c1ccnc(NC2CCCCCC2)n1.